The number of para-hydroxylation sites is 1. The van der Waals surface area contributed by atoms with Crippen LogP contribution in [-0.4, -0.2) is 12.7 Å². The number of nitrogens with two attached hydrogens (primary N) is 1. The Morgan fingerprint density at radius 1 is 1.57 bits per heavy atom. The van der Waals surface area contributed by atoms with Gasteiger partial charge in [0.15, 0.2) is 0 Å². The summed E-state index contributed by atoms with van der Waals surface area (Å²) in [7, 11) is 0. The van der Waals surface area contributed by atoms with Crippen molar-refractivity contribution in [2.24, 2.45) is 5.73 Å². The number of ether oxygens (including phenoxy) is 2. The largest absolute Gasteiger partial charge is 0.493 e. The zero-order valence-corrected chi connectivity index (χ0v) is 7.66. The Kier molecular flexibility index (Phi) is 2.26. The van der Waals surface area contributed by atoms with E-state index in [9.17, 15) is 4.79 Å². The molecule has 1 amide bonds. The fraction of sp³-hybridized carbons (Fsp3) is 0.300. The number of amides is 1. The van der Waals surface area contributed by atoms with Gasteiger partial charge < -0.3 is 15.2 Å². The molecule has 1 aliphatic heterocycles. The Morgan fingerprint density at radius 2 is 2.43 bits per heavy atom. The molecule has 0 saturated carbocycles. The minimum Gasteiger partial charge on any atom is -0.493 e. The first-order chi connectivity index (χ1) is 6.77. The van der Waals surface area contributed by atoms with E-state index in [1.165, 1.54) is 0 Å². The van der Waals surface area contributed by atoms with E-state index >= 15 is 0 Å². The van der Waals surface area contributed by atoms with Crippen LogP contribution >= 0.6 is 0 Å². The van der Waals surface area contributed by atoms with Crippen molar-refractivity contribution in [1.82, 2.24) is 0 Å². The molecule has 0 atom stereocenters. The predicted molar refractivity (Wildman–Crippen MR) is 50.0 cm³/mol. The summed E-state index contributed by atoms with van der Waals surface area (Å²) in [5, 5.41) is 0. The van der Waals surface area contributed by atoms with Crippen molar-refractivity contribution in [2.45, 2.75) is 13.0 Å². The molecule has 0 radical (unpaired) electrons. The smallest absolute Gasteiger partial charge is 0.404 e. The maximum Gasteiger partial charge on any atom is 0.404 e. The van der Waals surface area contributed by atoms with Gasteiger partial charge in [-0.2, -0.15) is 0 Å². The zero-order chi connectivity index (χ0) is 9.97. The molecule has 1 aliphatic rings. The number of carbonyl (C=O) groups excluding carboxylic acids is 1. The molecule has 2 N–H and O–H groups in total. The molecule has 0 aromatic heterocycles. The van der Waals surface area contributed by atoms with Crippen molar-refractivity contribution in [3.8, 4) is 5.75 Å². The molecular formula is C10H11NO3. The van der Waals surface area contributed by atoms with Crippen LogP contribution in [0.4, 0.5) is 4.79 Å². The summed E-state index contributed by atoms with van der Waals surface area (Å²) in [4.78, 5) is 10.4. The lowest BCUT2D eigenvalue weighted by atomic mass is 10.1. The summed E-state index contributed by atoms with van der Waals surface area (Å²) in [6.45, 7) is 0.876. The summed E-state index contributed by atoms with van der Waals surface area (Å²) in [6, 6.07) is 5.80. The fourth-order valence-electron chi connectivity index (χ4n) is 1.55. The van der Waals surface area contributed by atoms with Crippen molar-refractivity contribution in [3.05, 3.63) is 29.3 Å². The second kappa shape index (κ2) is 3.57. The van der Waals surface area contributed by atoms with Gasteiger partial charge in [-0.1, -0.05) is 18.2 Å². The van der Waals surface area contributed by atoms with Crippen molar-refractivity contribution in [1.29, 1.82) is 0 Å². The summed E-state index contributed by atoms with van der Waals surface area (Å²) in [5.41, 5.74) is 6.92. The number of rotatable bonds is 2. The van der Waals surface area contributed by atoms with Crippen LogP contribution in [0.1, 0.15) is 11.1 Å². The number of hydrogen-bond acceptors (Lipinski definition) is 3. The molecule has 2 rings (SSSR count). The second-order valence-corrected chi connectivity index (χ2v) is 3.11. The molecule has 1 aromatic rings. The van der Waals surface area contributed by atoms with E-state index in [1.54, 1.807) is 0 Å². The quantitative estimate of drug-likeness (QED) is 0.768. The number of hydrogen-bond donors (Lipinski definition) is 1. The average Bonchev–Trinajstić information content (AvgIpc) is 2.62. The van der Waals surface area contributed by atoms with Crippen molar-refractivity contribution >= 4 is 6.09 Å². The van der Waals surface area contributed by atoms with Crippen LogP contribution in [0.2, 0.25) is 0 Å². The number of benzene rings is 1. The maximum atomic E-state index is 10.4. The molecule has 74 valence electrons. The lowest BCUT2D eigenvalue weighted by Gasteiger charge is -2.07. The second-order valence-electron chi connectivity index (χ2n) is 3.11. The van der Waals surface area contributed by atoms with Crippen molar-refractivity contribution < 1.29 is 14.3 Å². The normalized spacial score (nSPS) is 13.1. The van der Waals surface area contributed by atoms with Gasteiger partial charge in [0.1, 0.15) is 12.4 Å². The monoisotopic (exact) mass is 193 g/mol. The van der Waals surface area contributed by atoms with Gasteiger partial charge in [-0.05, 0) is 5.56 Å². The zero-order valence-electron chi connectivity index (χ0n) is 7.66. The first-order valence-electron chi connectivity index (χ1n) is 4.43. The molecule has 0 unspecified atom stereocenters. The van der Waals surface area contributed by atoms with Crippen LogP contribution in [0, 0.1) is 0 Å². The van der Waals surface area contributed by atoms with Crippen molar-refractivity contribution in [2.75, 3.05) is 6.61 Å². The molecule has 0 saturated heterocycles. The van der Waals surface area contributed by atoms with E-state index in [-0.39, 0.29) is 6.61 Å². The lowest BCUT2D eigenvalue weighted by Crippen LogP contribution is -2.12. The Morgan fingerprint density at radius 3 is 3.21 bits per heavy atom. The van der Waals surface area contributed by atoms with E-state index in [1.807, 2.05) is 18.2 Å². The highest BCUT2D eigenvalue weighted by atomic mass is 16.5. The van der Waals surface area contributed by atoms with Crippen LogP contribution in [0.3, 0.4) is 0 Å². The minimum atomic E-state index is -0.763. The van der Waals surface area contributed by atoms with Gasteiger partial charge in [0.2, 0.25) is 0 Å². The van der Waals surface area contributed by atoms with Crippen molar-refractivity contribution in [3.63, 3.8) is 0 Å². The van der Waals surface area contributed by atoms with Gasteiger partial charge in [0.25, 0.3) is 0 Å². The summed E-state index contributed by atoms with van der Waals surface area (Å²) in [5.74, 6) is 0.841. The van der Waals surface area contributed by atoms with Crippen LogP contribution in [0.25, 0.3) is 0 Å². The summed E-state index contributed by atoms with van der Waals surface area (Å²) < 4.78 is 10.1. The standard InChI is InChI=1S/C10H11NO3/c11-10(12)14-6-8-3-1-2-7-4-5-13-9(7)8/h1-3H,4-6H2,(H2,11,12). The first-order valence-corrected chi connectivity index (χ1v) is 4.43. The number of carbonyl (C=O) groups is 1. The third-order valence-corrected chi connectivity index (χ3v) is 2.17. The van der Waals surface area contributed by atoms with Gasteiger partial charge in [-0.25, -0.2) is 4.79 Å². The molecule has 0 spiro atoms. The molecule has 1 aromatic carbocycles. The van der Waals surface area contributed by atoms with Crippen LogP contribution in [0.15, 0.2) is 18.2 Å². The number of fused-ring (bicyclic) bond motifs is 1. The van der Waals surface area contributed by atoms with E-state index in [4.69, 9.17) is 15.2 Å². The highest BCUT2D eigenvalue weighted by molar-refractivity contribution is 5.64. The molecule has 0 bridgehead atoms. The molecule has 0 fully saturated rings. The van der Waals surface area contributed by atoms with Gasteiger partial charge in [0.05, 0.1) is 6.61 Å². The van der Waals surface area contributed by atoms with Gasteiger partial charge in [0, 0.05) is 12.0 Å². The Balaban J connectivity index is 2.17. The molecular weight excluding hydrogens is 182 g/mol. The highest BCUT2D eigenvalue weighted by Gasteiger charge is 2.16. The maximum absolute atomic E-state index is 10.4. The van der Waals surface area contributed by atoms with Gasteiger partial charge in [-0.3, -0.25) is 0 Å². The van der Waals surface area contributed by atoms with Gasteiger partial charge in [-0.15, -0.1) is 0 Å². The van der Waals surface area contributed by atoms with Crippen LogP contribution in [-0.2, 0) is 17.8 Å². The average molecular weight is 193 g/mol. The van der Waals surface area contributed by atoms with Gasteiger partial charge >= 0.3 is 6.09 Å². The molecule has 14 heavy (non-hydrogen) atoms. The molecule has 4 nitrogen and oxygen atoms in total. The Labute approximate surface area is 81.6 Å². The van der Waals surface area contributed by atoms with E-state index in [2.05, 4.69) is 0 Å². The molecule has 0 aliphatic carbocycles. The highest BCUT2D eigenvalue weighted by Crippen LogP contribution is 2.29. The van der Waals surface area contributed by atoms with Crippen LogP contribution in [0.5, 0.6) is 5.75 Å². The lowest BCUT2D eigenvalue weighted by molar-refractivity contribution is 0.149. The Bertz CT molecular complexity index is 362. The fourth-order valence-corrected chi connectivity index (χ4v) is 1.55. The predicted octanol–water partition coefficient (Wildman–Crippen LogP) is 1.22. The number of primary amides is 1. The summed E-state index contributed by atoms with van der Waals surface area (Å²) in [6.07, 6.45) is 0.153. The van der Waals surface area contributed by atoms with E-state index in [0.29, 0.717) is 6.61 Å². The third kappa shape index (κ3) is 1.64. The van der Waals surface area contributed by atoms with E-state index in [0.717, 1.165) is 23.3 Å². The minimum absolute atomic E-state index is 0.179. The molecule has 1 heterocycles. The first kappa shape index (κ1) is 8.87. The van der Waals surface area contributed by atoms with Crippen LogP contribution < -0.4 is 10.5 Å². The molecule has 4 heteroatoms. The van der Waals surface area contributed by atoms with E-state index < -0.39 is 6.09 Å². The Hall–Kier alpha value is -1.71. The third-order valence-electron chi connectivity index (χ3n) is 2.17. The SMILES string of the molecule is NC(=O)OCc1cccc2c1OCC2. The summed E-state index contributed by atoms with van der Waals surface area (Å²) >= 11 is 0. The topological polar surface area (TPSA) is 61.6 Å².